The average molecular weight is 301 g/mol. The first-order chi connectivity index (χ1) is 9.52. The van der Waals surface area contributed by atoms with Gasteiger partial charge in [0.05, 0.1) is 7.59 Å². The van der Waals surface area contributed by atoms with Crippen molar-refractivity contribution in [2.75, 3.05) is 6.61 Å². The van der Waals surface area contributed by atoms with E-state index in [2.05, 4.69) is 87.2 Å². The van der Waals surface area contributed by atoms with Gasteiger partial charge in [0, 0.05) is 6.61 Å². The fourth-order valence-electron chi connectivity index (χ4n) is 2.98. The minimum absolute atomic E-state index is 0.778. The van der Waals surface area contributed by atoms with Crippen molar-refractivity contribution >= 4 is 25.8 Å². The molecule has 0 aromatic heterocycles. The molecule has 0 aliphatic rings. The molecule has 0 saturated carbocycles. The highest BCUT2D eigenvalue weighted by atomic mass is 29.3. The van der Waals surface area contributed by atoms with E-state index in [1.165, 1.54) is 10.4 Å². The van der Waals surface area contributed by atoms with Crippen LogP contribution >= 0.6 is 0 Å². The zero-order valence-corrected chi connectivity index (χ0v) is 14.9. The first-order valence-corrected chi connectivity index (χ1v) is 13.7. The third-order valence-electron chi connectivity index (χ3n) is 3.78. The van der Waals surface area contributed by atoms with Gasteiger partial charge >= 0.3 is 0 Å². The van der Waals surface area contributed by atoms with E-state index in [1.54, 1.807) is 0 Å². The molecule has 0 atom stereocenters. The second kappa shape index (κ2) is 6.08. The van der Waals surface area contributed by atoms with Crippen LogP contribution in [0.4, 0.5) is 0 Å². The SMILES string of the molecule is CCO[Si](c1ccccc1)(c1ccccc1)[Si](C)(C)C. The van der Waals surface area contributed by atoms with Crippen LogP contribution in [-0.4, -0.2) is 22.0 Å². The van der Waals surface area contributed by atoms with Crippen LogP contribution in [0.2, 0.25) is 19.6 Å². The first-order valence-electron chi connectivity index (χ1n) is 7.27. The molecule has 2 rings (SSSR count). The third kappa shape index (κ3) is 2.66. The van der Waals surface area contributed by atoms with Gasteiger partial charge in [-0.3, -0.25) is 0 Å². The van der Waals surface area contributed by atoms with Crippen LogP contribution in [0.5, 0.6) is 0 Å². The maximum Gasteiger partial charge on any atom is 0.239 e. The summed E-state index contributed by atoms with van der Waals surface area (Å²) in [6.07, 6.45) is 0. The molecule has 0 aliphatic heterocycles. The Kier molecular flexibility index (Phi) is 4.63. The largest absolute Gasteiger partial charge is 0.411 e. The Morgan fingerprint density at radius 1 is 0.750 bits per heavy atom. The Bertz CT molecular complexity index is 492. The summed E-state index contributed by atoms with van der Waals surface area (Å²) in [6, 6.07) is 21.8. The molecule has 106 valence electrons. The highest BCUT2D eigenvalue weighted by Gasteiger charge is 2.50. The summed E-state index contributed by atoms with van der Waals surface area (Å²) in [4.78, 5) is 0. The summed E-state index contributed by atoms with van der Waals surface area (Å²) in [5.74, 6) is 0. The molecule has 0 N–H and O–H groups in total. The smallest absolute Gasteiger partial charge is 0.239 e. The third-order valence-corrected chi connectivity index (χ3v) is 17.4. The minimum Gasteiger partial charge on any atom is -0.411 e. The van der Waals surface area contributed by atoms with Crippen molar-refractivity contribution in [2.45, 2.75) is 26.6 Å². The zero-order valence-electron chi connectivity index (χ0n) is 12.9. The van der Waals surface area contributed by atoms with Crippen molar-refractivity contribution in [1.82, 2.24) is 0 Å². The molecule has 0 aliphatic carbocycles. The molecule has 0 bridgehead atoms. The normalized spacial score (nSPS) is 12.4. The Hall–Kier alpha value is -1.17. The van der Waals surface area contributed by atoms with Crippen LogP contribution in [0.1, 0.15) is 6.92 Å². The fraction of sp³-hybridized carbons (Fsp3) is 0.294. The summed E-state index contributed by atoms with van der Waals surface area (Å²) >= 11 is 0. The maximum absolute atomic E-state index is 6.57. The van der Waals surface area contributed by atoms with Crippen LogP contribution in [0.3, 0.4) is 0 Å². The Labute approximate surface area is 124 Å². The van der Waals surface area contributed by atoms with Gasteiger partial charge in [-0.15, -0.1) is 0 Å². The molecule has 2 aromatic carbocycles. The van der Waals surface area contributed by atoms with E-state index >= 15 is 0 Å². The van der Waals surface area contributed by atoms with Gasteiger partial charge in [0.15, 0.2) is 0 Å². The van der Waals surface area contributed by atoms with Crippen molar-refractivity contribution in [3.8, 4) is 0 Å². The minimum atomic E-state index is -2.11. The van der Waals surface area contributed by atoms with Crippen LogP contribution in [0.25, 0.3) is 0 Å². The van der Waals surface area contributed by atoms with E-state index in [0.29, 0.717) is 0 Å². The topological polar surface area (TPSA) is 9.23 Å². The lowest BCUT2D eigenvalue weighted by molar-refractivity contribution is 0.350. The molecule has 2 aromatic rings. The van der Waals surface area contributed by atoms with Crippen LogP contribution in [0.15, 0.2) is 60.7 Å². The lowest BCUT2D eigenvalue weighted by Gasteiger charge is -2.41. The second-order valence-electron chi connectivity index (χ2n) is 6.10. The van der Waals surface area contributed by atoms with Crippen molar-refractivity contribution < 1.29 is 4.43 Å². The van der Waals surface area contributed by atoms with Crippen molar-refractivity contribution in [1.29, 1.82) is 0 Å². The van der Waals surface area contributed by atoms with E-state index in [4.69, 9.17) is 4.43 Å². The molecule has 20 heavy (non-hydrogen) atoms. The van der Waals surface area contributed by atoms with E-state index in [9.17, 15) is 0 Å². The molecular formula is C17H24OSi2. The molecule has 0 radical (unpaired) electrons. The average Bonchev–Trinajstić information content (AvgIpc) is 2.45. The zero-order chi connectivity index (χ0) is 14.6. The van der Waals surface area contributed by atoms with E-state index < -0.39 is 15.4 Å². The van der Waals surface area contributed by atoms with Crippen LogP contribution < -0.4 is 10.4 Å². The van der Waals surface area contributed by atoms with Crippen LogP contribution in [-0.2, 0) is 4.43 Å². The highest BCUT2D eigenvalue weighted by molar-refractivity contribution is 7.48. The molecule has 0 amide bonds. The number of hydrogen-bond acceptors (Lipinski definition) is 1. The number of rotatable bonds is 5. The second-order valence-corrected chi connectivity index (χ2v) is 20.0. The Morgan fingerprint density at radius 3 is 1.45 bits per heavy atom. The van der Waals surface area contributed by atoms with Gasteiger partial charge in [-0.05, 0) is 17.3 Å². The molecule has 0 spiro atoms. The Morgan fingerprint density at radius 2 is 1.15 bits per heavy atom. The van der Waals surface area contributed by atoms with Crippen molar-refractivity contribution in [3.63, 3.8) is 0 Å². The highest BCUT2D eigenvalue weighted by Crippen LogP contribution is 2.21. The molecule has 0 fully saturated rings. The molecular weight excluding hydrogens is 276 g/mol. The lowest BCUT2D eigenvalue weighted by atomic mass is 10.4. The monoisotopic (exact) mass is 300 g/mol. The predicted molar refractivity (Wildman–Crippen MR) is 92.9 cm³/mol. The lowest BCUT2D eigenvalue weighted by Crippen LogP contribution is -2.75. The van der Waals surface area contributed by atoms with Crippen molar-refractivity contribution in [3.05, 3.63) is 60.7 Å². The van der Waals surface area contributed by atoms with Gasteiger partial charge in [0.2, 0.25) is 7.83 Å². The van der Waals surface area contributed by atoms with E-state index in [1.807, 2.05) is 0 Å². The molecule has 0 heterocycles. The summed E-state index contributed by atoms with van der Waals surface area (Å²) in [5.41, 5.74) is 0. The van der Waals surface area contributed by atoms with Gasteiger partial charge < -0.3 is 4.43 Å². The number of hydrogen-bond donors (Lipinski definition) is 0. The van der Waals surface area contributed by atoms with Gasteiger partial charge in [-0.2, -0.15) is 0 Å². The summed E-state index contributed by atoms with van der Waals surface area (Å²) in [5, 5.41) is 2.82. The molecule has 3 heteroatoms. The first kappa shape index (κ1) is 15.2. The maximum atomic E-state index is 6.57. The van der Waals surface area contributed by atoms with E-state index in [0.717, 1.165) is 6.61 Å². The fourth-order valence-corrected chi connectivity index (χ4v) is 15.5. The standard InChI is InChI=1S/C17H24OSi2/c1-5-18-20(19(2,3)4,16-12-8-6-9-13-16)17-14-10-7-11-15-17/h6-15H,5H2,1-4H3. The molecule has 0 unspecified atom stereocenters. The Balaban J connectivity index is 2.70. The van der Waals surface area contributed by atoms with Gasteiger partial charge in [-0.25, -0.2) is 0 Å². The summed E-state index contributed by atoms with van der Waals surface area (Å²) in [7, 11) is -3.63. The quantitative estimate of drug-likeness (QED) is 0.771. The molecule has 1 nitrogen and oxygen atoms in total. The molecule has 0 saturated heterocycles. The van der Waals surface area contributed by atoms with Gasteiger partial charge in [-0.1, -0.05) is 80.3 Å². The number of benzene rings is 2. The van der Waals surface area contributed by atoms with Crippen molar-refractivity contribution in [2.24, 2.45) is 0 Å². The van der Waals surface area contributed by atoms with E-state index in [-0.39, 0.29) is 0 Å². The van der Waals surface area contributed by atoms with Gasteiger partial charge in [0.25, 0.3) is 0 Å². The summed E-state index contributed by atoms with van der Waals surface area (Å²) < 4.78 is 6.57. The van der Waals surface area contributed by atoms with Gasteiger partial charge in [0.1, 0.15) is 0 Å². The summed E-state index contributed by atoms with van der Waals surface area (Å²) in [6.45, 7) is 10.2. The predicted octanol–water partition coefficient (Wildman–Crippen LogP) is 3.20. The van der Waals surface area contributed by atoms with Crippen LogP contribution in [0, 0.1) is 0 Å².